The third-order valence-corrected chi connectivity index (χ3v) is 4.01. The number of hydrogen-bond donors (Lipinski definition) is 1. The van der Waals surface area contributed by atoms with Crippen molar-refractivity contribution >= 4 is 21.8 Å². The van der Waals surface area contributed by atoms with Crippen LogP contribution in [0.5, 0.6) is 11.5 Å². The van der Waals surface area contributed by atoms with E-state index in [2.05, 4.69) is 15.9 Å². The Hall–Kier alpha value is -1.27. The van der Waals surface area contributed by atoms with E-state index in [0.29, 0.717) is 23.6 Å². The predicted octanol–water partition coefficient (Wildman–Crippen LogP) is 1.74. The van der Waals surface area contributed by atoms with Gasteiger partial charge in [-0.25, -0.2) is 0 Å². The van der Waals surface area contributed by atoms with Gasteiger partial charge >= 0.3 is 0 Å². The molecule has 2 N–H and O–H groups in total. The first-order valence-corrected chi connectivity index (χ1v) is 7.08. The van der Waals surface area contributed by atoms with Crippen LogP contribution in [0.15, 0.2) is 16.6 Å². The molecule has 0 spiro atoms. The summed E-state index contributed by atoms with van der Waals surface area (Å²) in [6.07, 6.45) is 1.94. The maximum absolute atomic E-state index is 12.5. The molecule has 0 saturated carbocycles. The smallest absolute Gasteiger partial charge is 0.254 e. The van der Waals surface area contributed by atoms with Gasteiger partial charge in [-0.3, -0.25) is 4.79 Å². The molecule has 19 heavy (non-hydrogen) atoms. The fraction of sp³-hybridized carbons (Fsp3) is 0.462. The van der Waals surface area contributed by atoms with Crippen molar-refractivity contribution in [3.63, 3.8) is 0 Å². The molecule has 1 atom stereocenters. The Balaban J connectivity index is 1.86. The van der Waals surface area contributed by atoms with Crippen LogP contribution in [0.3, 0.4) is 0 Å². The summed E-state index contributed by atoms with van der Waals surface area (Å²) in [5, 5.41) is 0. The number of benzene rings is 1. The van der Waals surface area contributed by atoms with E-state index >= 15 is 0 Å². The highest BCUT2D eigenvalue weighted by Gasteiger charge is 2.25. The summed E-state index contributed by atoms with van der Waals surface area (Å²) in [6.45, 7) is 1.57. The Kier molecular flexibility index (Phi) is 3.36. The molecule has 1 aromatic carbocycles. The summed E-state index contributed by atoms with van der Waals surface area (Å²) in [7, 11) is 0. The molecule has 0 aliphatic carbocycles. The molecule has 0 radical (unpaired) electrons. The van der Waals surface area contributed by atoms with Gasteiger partial charge in [-0.2, -0.15) is 0 Å². The second-order valence-corrected chi connectivity index (χ2v) is 5.70. The predicted molar refractivity (Wildman–Crippen MR) is 73.4 cm³/mol. The van der Waals surface area contributed by atoms with Crippen molar-refractivity contribution in [1.82, 2.24) is 4.90 Å². The van der Waals surface area contributed by atoms with E-state index < -0.39 is 0 Å². The number of hydrogen-bond acceptors (Lipinski definition) is 4. The average molecular weight is 327 g/mol. The monoisotopic (exact) mass is 326 g/mol. The van der Waals surface area contributed by atoms with E-state index in [0.717, 1.165) is 23.9 Å². The molecule has 1 saturated heterocycles. The van der Waals surface area contributed by atoms with Crippen molar-refractivity contribution in [3.05, 3.63) is 22.2 Å². The Bertz CT molecular complexity index is 521. The molecule has 2 heterocycles. The molecule has 102 valence electrons. The van der Waals surface area contributed by atoms with Crippen LogP contribution >= 0.6 is 15.9 Å². The fourth-order valence-electron chi connectivity index (χ4n) is 2.47. The Morgan fingerprint density at radius 2 is 2.26 bits per heavy atom. The Labute approximate surface area is 119 Å². The van der Waals surface area contributed by atoms with Crippen molar-refractivity contribution in [3.8, 4) is 11.5 Å². The van der Waals surface area contributed by atoms with Crippen LogP contribution in [0, 0.1) is 0 Å². The van der Waals surface area contributed by atoms with E-state index in [1.54, 1.807) is 17.0 Å². The topological polar surface area (TPSA) is 64.8 Å². The third-order valence-electron chi connectivity index (χ3n) is 3.42. The van der Waals surface area contributed by atoms with Crippen molar-refractivity contribution in [2.24, 2.45) is 5.73 Å². The number of amides is 1. The molecule has 6 heteroatoms. The lowest BCUT2D eigenvalue weighted by Gasteiger charge is -2.30. The van der Waals surface area contributed by atoms with Crippen LogP contribution < -0.4 is 15.2 Å². The van der Waals surface area contributed by atoms with Gasteiger partial charge in [-0.15, -0.1) is 0 Å². The van der Waals surface area contributed by atoms with Crippen LogP contribution in [0.2, 0.25) is 0 Å². The van der Waals surface area contributed by atoms with Gasteiger partial charge in [-0.05, 0) is 40.9 Å². The SMILES string of the molecule is N[C@H]1CCCN(C(=O)c2cc(Br)c3c(c2)OCO3)C1. The number of fused-ring (bicyclic) bond motifs is 1. The van der Waals surface area contributed by atoms with Crippen molar-refractivity contribution < 1.29 is 14.3 Å². The molecular formula is C13H15BrN2O3. The van der Waals surface area contributed by atoms with Gasteiger partial charge in [0.25, 0.3) is 5.91 Å². The van der Waals surface area contributed by atoms with Gasteiger partial charge in [0, 0.05) is 24.7 Å². The first-order valence-electron chi connectivity index (χ1n) is 6.29. The molecular weight excluding hydrogens is 312 g/mol. The van der Waals surface area contributed by atoms with Gasteiger partial charge in [-0.1, -0.05) is 0 Å². The highest BCUT2D eigenvalue weighted by molar-refractivity contribution is 9.10. The second kappa shape index (κ2) is 5.02. The minimum atomic E-state index is -0.00542. The van der Waals surface area contributed by atoms with Crippen LogP contribution in [0.4, 0.5) is 0 Å². The molecule has 3 rings (SSSR count). The Morgan fingerprint density at radius 1 is 1.42 bits per heavy atom. The van der Waals surface area contributed by atoms with E-state index in [1.165, 1.54) is 0 Å². The van der Waals surface area contributed by atoms with Gasteiger partial charge in [0.2, 0.25) is 6.79 Å². The summed E-state index contributed by atoms with van der Waals surface area (Å²) < 4.78 is 11.4. The lowest BCUT2D eigenvalue weighted by Crippen LogP contribution is -2.45. The van der Waals surface area contributed by atoms with E-state index in [1.807, 2.05) is 0 Å². The number of rotatable bonds is 1. The van der Waals surface area contributed by atoms with Crippen molar-refractivity contribution in [1.29, 1.82) is 0 Å². The molecule has 5 nitrogen and oxygen atoms in total. The minimum absolute atomic E-state index is 0.00542. The van der Waals surface area contributed by atoms with Gasteiger partial charge < -0.3 is 20.1 Å². The van der Waals surface area contributed by atoms with Gasteiger partial charge in [0.05, 0.1) is 4.47 Å². The largest absolute Gasteiger partial charge is 0.454 e. The number of nitrogens with zero attached hydrogens (tertiary/aromatic N) is 1. The first kappa shape index (κ1) is 12.7. The second-order valence-electron chi connectivity index (χ2n) is 4.85. The van der Waals surface area contributed by atoms with E-state index in [-0.39, 0.29) is 18.7 Å². The lowest BCUT2D eigenvalue weighted by atomic mass is 10.1. The highest BCUT2D eigenvalue weighted by Crippen LogP contribution is 2.40. The highest BCUT2D eigenvalue weighted by atomic mass is 79.9. The third kappa shape index (κ3) is 2.42. The number of halogens is 1. The van der Waals surface area contributed by atoms with Crippen molar-refractivity contribution in [2.75, 3.05) is 19.9 Å². The molecule has 1 amide bonds. The fourth-order valence-corrected chi connectivity index (χ4v) is 3.02. The number of nitrogens with two attached hydrogens (primary N) is 1. The molecule has 0 unspecified atom stereocenters. The van der Waals surface area contributed by atoms with Crippen LogP contribution in [-0.4, -0.2) is 36.7 Å². The molecule has 1 fully saturated rings. The maximum Gasteiger partial charge on any atom is 0.254 e. The van der Waals surface area contributed by atoms with Crippen LogP contribution in [0.25, 0.3) is 0 Å². The summed E-state index contributed by atoms with van der Waals surface area (Å²) in [6, 6.07) is 3.58. The lowest BCUT2D eigenvalue weighted by molar-refractivity contribution is 0.0708. The molecule has 2 aliphatic heterocycles. The summed E-state index contributed by atoms with van der Waals surface area (Å²) in [4.78, 5) is 14.3. The average Bonchev–Trinajstić information content (AvgIpc) is 2.86. The number of ether oxygens (including phenoxy) is 2. The first-order chi connectivity index (χ1) is 9.15. The molecule has 0 bridgehead atoms. The number of piperidine rings is 1. The normalized spacial score (nSPS) is 21.6. The van der Waals surface area contributed by atoms with Crippen LogP contribution in [-0.2, 0) is 0 Å². The summed E-state index contributed by atoms with van der Waals surface area (Å²) >= 11 is 3.40. The van der Waals surface area contributed by atoms with E-state index in [4.69, 9.17) is 15.2 Å². The quantitative estimate of drug-likeness (QED) is 0.853. The van der Waals surface area contributed by atoms with Gasteiger partial charge in [0.1, 0.15) is 0 Å². The summed E-state index contributed by atoms with van der Waals surface area (Å²) in [5.41, 5.74) is 6.52. The zero-order valence-corrected chi connectivity index (χ0v) is 12.0. The summed E-state index contributed by atoms with van der Waals surface area (Å²) in [5.74, 6) is 1.26. The standard InChI is InChI=1S/C13H15BrN2O3/c14-10-4-8(5-11-12(10)19-7-18-11)13(17)16-3-1-2-9(15)6-16/h4-5,9H,1-3,6-7,15H2/t9-/m0/s1. The molecule has 2 aliphatic rings. The zero-order valence-electron chi connectivity index (χ0n) is 10.4. The minimum Gasteiger partial charge on any atom is -0.454 e. The van der Waals surface area contributed by atoms with Gasteiger partial charge in [0.15, 0.2) is 11.5 Å². The number of likely N-dealkylation sites (tertiary alicyclic amines) is 1. The van der Waals surface area contributed by atoms with Crippen molar-refractivity contribution in [2.45, 2.75) is 18.9 Å². The Morgan fingerprint density at radius 3 is 3.05 bits per heavy atom. The maximum atomic E-state index is 12.5. The number of carbonyl (C=O) groups excluding carboxylic acids is 1. The zero-order chi connectivity index (χ0) is 13.4. The van der Waals surface area contributed by atoms with E-state index in [9.17, 15) is 4.79 Å². The molecule has 1 aromatic rings. The molecule has 0 aromatic heterocycles. The van der Waals surface area contributed by atoms with Crippen LogP contribution in [0.1, 0.15) is 23.2 Å². The number of carbonyl (C=O) groups is 1.